The van der Waals surface area contributed by atoms with Gasteiger partial charge in [0.05, 0.1) is 11.0 Å². The number of benzene rings is 3. The molecule has 0 saturated heterocycles. The fourth-order valence-corrected chi connectivity index (χ4v) is 4.95. The van der Waals surface area contributed by atoms with Crippen LogP contribution in [0.3, 0.4) is 0 Å². The summed E-state index contributed by atoms with van der Waals surface area (Å²) in [5.41, 5.74) is 4.78. The first-order valence-electron chi connectivity index (χ1n) is 10.7. The van der Waals surface area contributed by atoms with Gasteiger partial charge in [-0.3, -0.25) is 4.98 Å². The Labute approximate surface area is 205 Å². The molecule has 34 heavy (non-hydrogen) atoms. The summed E-state index contributed by atoms with van der Waals surface area (Å²) in [5.74, 6) is 0.718. The van der Waals surface area contributed by atoms with E-state index in [9.17, 15) is 0 Å². The van der Waals surface area contributed by atoms with Crippen molar-refractivity contribution in [3.8, 4) is 11.3 Å². The first-order valence-corrected chi connectivity index (χ1v) is 11.9. The second-order valence-electron chi connectivity index (χ2n) is 7.75. The van der Waals surface area contributed by atoms with Gasteiger partial charge in [-0.1, -0.05) is 59.8 Å². The monoisotopic (exact) mass is 479 g/mol. The summed E-state index contributed by atoms with van der Waals surface area (Å²) in [7, 11) is 0. The minimum Gasteiger partial charge on any atom is -0.359 e. The minimum absolute atomic E-state index is 0.696. The quantitative estimate of drug-likeness (QED) is 0.265. The van der Waals surface area contributed by atoms with Gasteiger partial charge < -0.3 is 10.3 Å². The summed E-state index contributed by atoms with van der Waals surface area (Å²) in [6.45, 7) is 0. The molecular formula is C27H18ClN5S. The van der Waals surface area contributed by atoms with Crippen molar-refractivity contribution < 1.29 is 0 Å². The van der Waals surface area contributed by atoms with Gasteiger partial charge >= 0.3 is 0 Å². The molecule has 2 N–H and O–H groups in total. The maximum Gasteiger partial charge on any atom is 0.161 e. The van der Waals surface area contributed by atoms with Crippen LogP contribution in [0.1, 0.15) is 0 Å². The van der Waals surface area contributed by atoms with Crippen molar-refractivity contribution in [2.45, 2.75) is 9.79 Å². The highest BCUT2D eigenvalue weighted by Crippen LogP contribution is 2.34. The second kappa shape index (κ2) is 8.82. The molecule has 5 nitrogen and oxygen atoms in total. The molecule has 3 heterocycles. The molecule has 0 bridgehead atoms. The number of aromatic amines is 1. The molecule has 0 radical (unpaired) electrons. The van der Waals surface area contributed by atoms with Crippen molar-refractivity contribution in [3.63, 3.8) is 0 Å². The number of fused-ring (bicyclic) bond motifs is 2. The van der Waals surface area contributed by atoms with E-state index in [1.54, 1.807) is 11.8 Å². The number of aromatic nitrogens is 4. The van der Waals surface area contributed by atoms with E-state index in [2.05, 4.69) is 61.9 Å². The number of pyridine rings is 1. The molecule has 0 atom stereocenters. The Morgan fingerprint density at radius 3 is 2.41 bits per heavy atom. The fourth-order valence-electron chi connectivity index (χ4n) is 3.91. The van der Waals surface area contributed by atoms with Gasteiger partial charge in [-0.2, -0.15) is 0 Å². The molecule has 0 unspecified atom stereocenters. The molecule has 6 rings (SSSR count). The van der Waals surface area contributed by atoms with Gasteiger partial charge in [0, 0.05) is 49.2 Å². The van der Waals surface area contributed by atoms with Crippen molar-refractivity contribution in [1.29, 1.82) is 0 Å². The van der Waals surface area contributed by atoms with Gasteiger partial charge in [-0.25, -0.2) is 0 Å². The van der Waals surface area contributed by atoms with E-state index in [0.29, 0.717) is 5.02 Å². The fraction of sp³-hybridized carbons (Fsp3) is 0. The Kier molecular flexibility index (Phi) is 5.37. The predicted octanol–water partition coefficient (Wildman–Crippen LogP) is 7.72. The van der Waals surface area contributed by atoms with E-state index in [0.717, 1.165) is 54.4 Å². The Morgan fingerprint density at radius 2 is 1.59 bits per heavy atom. The van der Waals surface area contributed by atoms with Crippen LogP contribution in [0.2, 0.25) is 5.02 Å². The molecule has 0 aliphatic carbocycles. The van der Waals surface area contributed by atoms with Crippen LogP contribution in [0, 0.1) is 0 Å². The average Bonchev–Trinajstić information content (AvgIpc) is 3.36. The molecule has 3 aromatic carbocycles. The number of hydrogen-bond donors (Lipinski definition) is 2. The molecule has 0 saturated carbocycles. The van der Waals surface area contributed by atoms with E-state index >= 15 is 0 Å². The lowest BCUT2D eigenvalue weighted by atomic mass is 10.0. The van der Waals surface area contributed by atoms with Crippen LogP contribution in [-0.2, 0) is 0 Å². The maximum absolute atomic E-state index is 6.06. The lowest BCUT2D eigenvalue weighted by Gasteiger charge is -2.12. The third kappa shape index (κ3) is 3.98. The first kappa shape index (κ1) is 20.7. The number of anilines is 2. The van der Waals surface area contributed by atoms with E-state index in [-0.39, 0.29) is 0 Å². The van der Waals surface area contributed by atoms with Gasteiger partial charge in [-0.05, 0) is 48.5 Å². The largest absolute Gasteiger partial charge is 0.359 e. The second-order valence-corrected chi connectivity index (χ2v) is 9.30. The Hall–Kier alpha value is -3.87. The highest BCUT2D eigenvalue weighted by Gasteiger charge is 2.11. The number of hydrogen-bond acceptors (Lipinski definition) is 5. The summed E-state index contributed by atoms with van der Waals surface area (Å²) in [5, 5.41) is 15.2. The molecule has 3 aromatic heterocycles. The van der Waals surface area contributed by atoms with E-state index in [1.165, 1.54) is 0 Å². The molecule has 6 aromatic rings. The summed E-state index contributed by atoms with van der Waals surface area (Å²) in [4.78, 5) is 9.94. The summed E-state index contributed by atoms with van der Waals surface area (Å²) >= 11 is 7.76. The Bertz CT molecular complexity index is 1610. The highest BCUT2D eigenvalue weighted by atomic mass is 35.5. The lowest BCUT2D eigenvalue weighted by Crippen LogP contribution is -1.99. The Morgan fingerprint density at radius 1 is 0.794 bits per heavy atom. The van der Waals surface area contributed by atoms with Gasteiger partial charge in [-0.15, -0.1) is 10.2 Å². The molecule has 0 spiro atoms. The third-order valence-electron chi connectivity index (χ3n) is 5.56. The molecule has 0 aliphatic heterocycles. The molecular weight excluding hydrogens is 462 g/mol. The molecule has 0 aliphatic rings. The lowest BCUT2D eigenvalue weighted by molar-refractivity contribution is 1.06. The van der Waals surface area contributed by atoms with Crippen molar-refractivity contribution in [2.75, 3.05) is 5.32 Å². The van der Waals surface area contributed by atoms with Crippen molar-refractivity contribution in [3.05, 3.63) is 102 Å². The average molecular weight is 480 g/mol. The van der Waals surface area contributed by atoms with Crippen LogP contribution < -0.4 is 5.32 Å². The van der Waals surface area contributed by atoms with Crippen LogP contribution in [0.25, 0.3) is 33.1 Å². The van der Waals surface area contributed by atoms with Crippen molar-refractivity contribution in [2.24, 2.45) is 0 Å². The number of halogens is 1. The van der Waals surface area contributed by atoms with Gasteiger partial charge in [0.1, 0.15) is 5.69 Å². The zero-order valence-electron chi connectivity index (χ0n) is 17.9. The normalized spacial score (nSPS) is 11.2. The predicted molar refractivity (Wildman–Crippen MR) is 140 cm³/mol. The minimum atomic E-state index is 0.696. The standard InChI is InChI=1S/C27H18ClN5S/c28-18-7-5-17(6-8-18)25-21-3-1-2-4-22(21)27(33-32-25)31-19-9-11-20(12-10-19)34-24-14-16-29-23-13-15-30-26(23)24/h1-16,30H,(H,31,33). The van der Waals surface area contributed by atoms with Gasteiger partial charge in [0.15, 0.2) is 5.82 Å². The van der Waals surface area contributed by atoms with Gasteiger partial charge in [0.25, 0.3) is 0 Å². The molecule has 164 valence electrons. The smallest absolute Gasteiger partial charge is 0.161 e. The number of rotatable bonds is 5. The molecule has 0 fully saturated rings. The van der Waals surface area contributed by atoms with Crippen molar-refractivity contribution >= 4 is 56.7 Å². The number of nitrogens with one attached hydrogen (secondary N) is 2. The van der Waals surface area contributed by atoms with E-state index in [4.69, 9.17) is 11.6 Å². The first-order chi connectivity index (χ1) is 16.7. The zero-order chi connectivity index (χ0) is 22.9. The summed E-state index contributed by atoms with van der Waals surface area (Å²) in [6.07, 6.45) is 3.75. The third-order valence-corrected chi connectivity index (χ3v) is 6.88. The van der Waals surface area contributed by atoms with Crippen LogP contribution in [0.15, 0.2) is 107 Å². The van der Waals surface area contributed by atoms with Crippen LogP contribution in [0.5, 0.6) is 0 Å². The highest BCUT2D eigenvalue weighted by molar-refractivity contribution is 7.99. The van der Waals surface area contributed by atoms with E-state index < -0.39 is 0 Å². The molecule has 0 amide bonds. The number of nitrogens with zero attached hydrogens (tertiary/aromatic N) is 3. The van der Waals surface area contributed by atoms with Crippen molar-refractivity contribution in [1.82, 2.24) is 20.2 Å². The van der Waals surface area contributed by atoms with E-state index in [1.807, 2.05) is 60.9 Å². The van der Waals surface area contributed by atoms with Crippen LogP contribution in [0.4, 0.5) is 11.5 Å². The summed E-state index contributed by atoms with van der Waals surface area (Å²) in [6, 6.07) is 28.1. The van der Waals surface area contributed by atoms with Gasteiger partial charge in [0.2, 0.25) is 0 Å². The maximum atomic E-state index is 6.06. The Balaban J connectivity index is 1.28. The zero-order valence-corrected chi connectivity index (χ0v) is 19.4. The van der Waals surface area contributed by atoms with Crippen LogP contribution >= 0.6 is 23.4 Å². The summed E-state index contributed by atoms with van der Waals surface area (Å²) < 4.78 is 0. The number of H-pyrrole nitrogens is 1. The SMILES string of the molecule is Clc1ccc(-c2nnc(Nc3ccc(Sc4ccnc5cc[nH]c45)cc3)c3ccccc23)cc1. The topological polar surface area (TPSA) is 66.5 Å². The van der Waals surface area contributed by atoms with Crippen LogP contribution in [-0.4, -0.2) is 20.2 Å². The molecule has 7 heteroatoms.